The highest BCUT2D eigenvalue weighted by Gasteiger charge is 2.10. The molecule has 1 N–H and O–H groups in total. The molecule has 3 nitrogen and oxygen atoms in total. The topological polar surface area (TPSA) is 40.5 Å². The largest absolute Gasteiger partial charge is 0.480 e. The summed E-state index contributed by atoms with van der Waals surface area (Å²) in [5.41, 5.74) is 0.613. The Bertz CT molecular complexity index is 355. The van der Waals surface area contributed by atoms with E-state index >= 15 is 0 Å². The zero-order valence-electron chi connectivity index (χ0n) is 7.50. The SMILES string of the molecule is CN(CC(=O)O)c1cccc(Cl)c1Cl. The molecule has 0 saturated heterocycles. The summed E-state index contributed by atoms with van der Waals surface area (Å²) in [5, 5.41) is 9.38. The molecular formula is C9H9Cl2NO2. The quantitative estimate of drug-likeness (QED) is 0.873. The molecule has 0 aliphatic carbocycles. The second kappa shape index (κ2) is 4.53. The van der Waals surface area contributed by atoms with E-state index in [0.29, 0.717) is 15.7 Å². The van der Waals surface area contributed by atoms with Crippen LogP contribution in [0.15, 0.2) is 18.2 Å². The molecule has 0 aromatic heterocycles. The fraction of sp³-hybridized carbons (Fsp3) is 0.222. The monoisotopic (exact) mass is 233 g/mol. The first-order valence-electron chi connectivity index (χ1n) is 3.89. The van der Waals surface area contributed by atoms with Crippen LogP contribution in [0.5, 0.6) is 0 Å². The molecule has 1 aromatic rings. The smallest absolute Gasteiger partial charge is 0.323 e. The van der Waals surface area contributed by atoms with E-state index in [1.165, 1.54) is 4.90 Å². The summed E-state index contributed by atoms with van der Waals surface area (Å²) in [7, 11) is 1.64. The van der Waals surface area contributed by atoms with Crippen molar-refractivity contribution in [3.05, 3.63) is 28.2 Å². The van der Waals surface area contributed by atoms with E-state index in [9.17, 15) is 4.79 Å². The number of hydrogen-bond donors (Lipinski definition) is 1. The Kier molecular flexibility index (Phi) is 3.61. The number of benzene rings is 1. The summed E-state index contributed by atoms with van der Waals surface area (Å²) in [4.78, 5) is 12.0. The van der Waals surface area contributed by atoms with Gasteiger partial charge in [-0.05, 0) is 12.1 Å². The van der Waals surface area contributed by atoms with Gasteiger partial charge in [0, 0.05) is 7.05 Å². The molecule has 0 radical (unpaired) electrons. The molecule has 14 heavy (non-hydrogen) atoms. The normalized spacial score (nSPS) is 9.93. The van der Waals surface area contributed by atoms with E-state index in [2.05, 4.69) is 0 Å². The van der Waals surface area contributed by atoms with E-state index in [4.69, 9.17) is 28.3 Å². The van der Waals surface area contributed by atoms with Gasteiger partial charge in [-0.1, -0.05) is 29.3 Å². The Labute approximate surface area is 91.8 Å². The van der Waals surface area contributed by atoms with Gasteiger partial charge in [0.1, 0.15) is 6.54 Å². The van der Waals surface area contributed by atoms with Gasteiger partial charge in [0.2, 0.25) is 0 Å². The zero-order valence-corrected chi connectivity index (χ0v) is 9.01. The molecule has 0 aliphatic heterocycles. The van der Waals surface area contributed by atoms with Gasteiger partial charge in [-0.2, -0.15) is 0 Å². The van der Waals surface area contributed by atoms with E-state index in [0.717, 1.165) is 0 Å². The fourth-order valence-corrected chi connectivity index (χ4v) is 1.52. The third-order valence-electron chi connectivity index (χ3n) is 1.71. The molecule has 0 fully saturated rings. The summed E-state index contributed by atoms with van der Waals surface area (Å²) in [6, 6.07) is 5.10. The number of rotatable bonds is 3. The van der Waals surface area contributed by atoms with Crippen molar-refractivity contribution in [3.63, 3.8) is 0 Å². The van der Waals surface area contributed by atoms with Crippen LogP contribution in [0, 0.1) is 0 Å². The number of hydrogen-bond acceptors (Lipinski definition) is 2. The minimum atomic E-state index is -0.913. The summed E-state index contributed by atoms with van der Waals surface area (Å²) < 4.78 is 0. The molecule has 0 atom stereocenters. The average molecular weight is 234 g/mol. The van der Waals surface area contributed by atoms with Crippen molar-refractivity contribution in [1.29, 1.82) is 0 Å². The van der Waals surface area contributed by atoms with Crippen LogP contribution in [0.1, 0.15) is 0 Å². The predicted molar refractivity (Wildman–Crippen MR) is 57.4 cm³/mol. The molecule has 5 heteroatoms. The van der Waals surface area contributed by atoms with Gasteiger partial charge in [-0.25, -0.2) is 0 Å². The van der Waals surface area contributed by atoms with Crippen LogP contribution in [0.25, 0.3) is 0 Å². The van der Waals surface area contributed by atoms with Crippen molar-refractivity contribution in [2.45, 2.75) is 0 Å². The first kappa shape index (κ1) is 11.1. The zero-order chi connectivity index (χ0) is 10.7. The van der Waals surface area contributed by atoms with Crippen molar-refractivity contribution in [1.82, 2.24) is 0 Å². The van der Waals surface area contributed by atoms with Gasteiger partial charge in [-0.15, -0.1) is 0 Å². The molecule has 76 valence electrons. The standard InChI is InChI=1S/C9H9Cl2NO2/c1-12(5-8(13)14)7-4-2-3-6(10)9(7)11/h2-4H,5H2,1H3,(H,13,14). The Morgan fingerprint density at radius 2 is 2.14 bits per heavy atom. The number of anilines is 1. The third kappa shape index (κ3) is 2.53. The van der Waals surface area contributed by atoms with Crippen LogP contribution >= 0.6 is 23.2 Å². The molecule has 0 aliphatic rings. The van der Waals surface area contributed by atoms with E-state index < -0.39 is 5.97 Å². The second-order valence-electron chi connectivity index (χ2n) is 2.82. The Morgan fingerprint density at radius 3 is 2.71 bits per heavy atom. The van der Waals surface area contributed by atoms with Gasteiger partial charge in [0.05, 0.1) is 15.7 Å². The third-order valence-corrected chi connectivity index (χ3v) is 2.52. The molecule has 0 heterocycles. The van der Waals surface area contributed by atoms with E-state index in [-0.39, 0.29) is 6.54 Å². The molecule has 0 bridgehead atoms. The van der Waals surface area contributed by atoms with Crippen LogP contribution in [0.2, 0.25) is 10.0 Å². The van der Waals surface area contributed by atoms with Gasteiger partial charge in [0.15, 0.2) is 0 Å². The van der Waals surface area contributed by atoms with Crippen molar-refractivity contribution in [2.75, 3.05) is 18.5 Å². The Hall–Kier alpha value is -0.930. The molecule has 0 amide bonds. The van der Waals surface area contributed by atoms with Crippen molar-refractivity contribution < 1.29 is 9.90 Å². The Balaban J connectivity index is 2.95. The first-order chi connectivity index (χ1) is 6.52. The second-order valence-corrected chi connectivity index (χ2v) is 3.61. The van der Waals surface area contributed by atoms with Crippen LogP contribution in [-0.2, 0) is 4.79 Å². The Morgan fingerprint density at radius 1 is 1.50 bits per heavy atom. The highest BCUT2D eigenvalue weighted by atomic mass is 35.5. The fourth-order valence-electron chi connectivity index (χ4n) is 1.08. The lowest BCUT2D eigenvalue weighted by atomic mass is 10.3. The van der Waals surface area contributed by atoms with E-state index in [1.54, 1.807) is 25.2 Å². The highest BCUT2D eigenvalue weighted by molar-refractivity contribution is 6.43. The maximum atomic E-state index is 10.5. The number of nitrogens with zero attached hydrogens (tertiary/aromatic N) is 1. The number of likely N-dealkylation sites (N-methyl/N-ethyl adjacent to an activating group) is 1. The van der Waals surface area contributed by atoms with Crippen molar-refractivity contribution in [2.24, 2.45) is 0 Å². The maximum absolute atomic E-state index is 10.5. The van der Waals surface area contributed by atoms with Gasteiger partial charge >= 0.3 is 5.97 Å². The summed E-state index contributed by atoms with van der Waals surface area (Å²) in [6.07, 6.45) is 0. The minimum Gasteiger partial charge on any atom is -0.480 e. The molecule has 0 unspecified atom stereocenters. The van der Waals surface area contributed by atoms with Crippen molar-refractivity contribution in [3.8, 4) is 0 Å². The minimum absolute atomic E-state index is 0.111. The lowest BCUT2D eigenvalue weighted by molar-refractivity contribution is -0.135. The van der Waals surface area contributed by atoms with Crippen LogP contribution < -0.4 is 4.90 Å². The summed E-state index contributed by atoms with van der Waals surface area (Å²) in [6.45, 7) is -0.111. The number of halogens is 2. The number of carboxylic acids is 1. The number of carboxylic acid groups (broad SMARTS) is 1. The molecule has 0 saturated carbocycles. The van der Waals surface area contributed by atoms with Gasteiger partial charge in [0.25, 0.3) is 0 Å². The van der Waals surface area contributed by atoms with Gasteiger partial charge in [-0.3, -0.25) is 4.79 Å². The number of carbonyl (C=O) groups is 1. The molecular weight excluding hydrogens is 225 g/mol. The van der Waals surface area contributed by atoms with Crippen LogP contribution in [-0.4, -0.2) is 24.7 Å². The van der Waals surface area contributed by atoms with Crippen LogP contribution in [0.4, 0.5) is 5.69 Å². The van der Waals surface area contributed by atoms with Crippen LogP contribution in [0.3, 0.4) is 0 Å². The number of aliphatic carboxylic acids is 1. The van der Waals surface area contributed by atoms with Gasteiger partial charge < -0.3 is 10.0 Å². The highest BCUT2D eigenvalue weighted by Crippen LogP contribution is 2.31. The lowest BCUT2D eigenvalue weighted by Crippen LogP contribution is -2.25. The summed E-state index contributed by atoms with van der Waals surface area (Å²) >= 11 is 11.7. The molecule has 1 aromatic carbocycles. The maximum Gasteiger partial charge on any atom is 0.323 e. The summed E-state index contributed by atoms with van der Waals surface area (Å²) in [5.74, 6) is -0.913. The molecule has 1 rings (SSSR count). The first-order valence-corrected chi connectivity index (χ1v) is 4.65. The lowest BCUT2D eigenvalue weighted by Gasteiger charge is -2.18. The average Bonchev–Trinajstić information content (AvgIpc) is 2.08. The van der Waals surface area contributed by atoms with E-state index in [1.807, 2.05) is 0 Å². The van der Waals surface area contributed by atoms with Crippen molar-refractivity contribution >= 4 is 34.9 Å². The molecule has 0 spiro atoms. The predicted octanol–water partition coefficient (Wildman–Crippen LogP) is 2.51.